The van der Waals surface area contributed by atoms with Gasteiger partial charge in [-0.25, -0.2) is 4.79 Å². The molecule has 0 aromatic heterocycles. The molecule has 0 saturated carbocycles. The normalized spacial score (nSPS) is 11.8. The Balaban J connectivity index is 2.11. The van der Waals surface area contributed by atoms with Crippen molar-refractivity contribution in [3.8, 4) is 0 Å². The summed E-state index contributed by atoms with van der Waals surface area (Å²) in [6.45, 7) is 2.38. The van der Waals surface area contributed by atoms with E-state index in [1.165, 1.54) is 0 Å². The molecule has 0 aliphatic heterocycles. The highest BCUT2D eigenvalue weighted by Crippen LogP contribution is 2.13. The first-order chi connectivity index (χ1) is 9.59. The number of benzene rings is 1. The third kappa shape index (κ3) is 7.16. The highest BCUT2D eigenvalue weighted by atomic mass is 32.2. The topological polar surface area (TPSA) is 85.2 Å². The number of hydrogen-bond acceptors (Lipinski definition) is 4. The lowest BCUT2D eigenvalue weighted by molar-refractivity contribution is -0.139. The Kier molecular flexibility index (Phi) is 7.75. The van der Waals surface area contributed by atoms with Gasteiger partial charge in [-0.15, -0.1) is 0 Å². The molecule has 1 atom stereocenters. The molecule has 0 unspecified atom stereocenters. The van der Waals surface area contributed by atoms with Crippen LogP contribution in [0.15, 0.2) is 35.2 Å². The molecule has 1 aromatic carbocycles. The smallest absolute Gasteiger partial charge is 0.326 e. The van der Waals surface area contributed by atoms with E-state index in [2.05, 4.69) is 10.0 Å². The highest BCUT2D eigenvalue weighted by molar-refractivity contribution is 7.97. The van der Waals surface area contributed by atoms with Gasteiger partial charge < -0.3 is 10.4 Å². The van der Waals surface area contributed by atoms with Crippen LogP contribution in [0.2, 0.25) is 0 Å². The standard InChI is InChI=1S/C14H21N3O2S/c1-11(15)17-13(14(18)19)9-5-6-10-16-20-12-7-3-2-4-8-12/h2-4,7-8,13,16H,5-6,9-10H2,1H3,(H2,15,17)(H,18,19)/t13-/m0/s1. The van der Waals surface area contributed by atoms with E-state index in [1.54, 1.807) is 18.9 Å². The van der Waals surface area contributed by atoms with Crippen LogP contribution >= 0.6 is 11.9 Å². The fraction of sp³-hybridized carbons (Fsp3) is 0.429. The summed E-state index contributed by atoms with van der Waals surface area (Å²) in [6.07, 6.45) is 2.24. The molecule has 0 aliphatic rings. The maximum atomic E-state index is 11.0. The number of carboxylic acid groups (broad SMARTS) is 1. The van der Waals surface area contributed by atoms with Gasteiger partial charge in [0.15, 0.2) is 0 Å². The van der Waals surface area contributed by atoms with Crippen LogP contribution in [-0.4, -0.2) is 29.5 Å². The van der Waals surface area contributed by atoms with Crippen LogP contribution in [-0.2, 0) is 4.79 Å². The summed E-state index contributed by atoms with van der Waals surface area (Å²) in [5.41, 5.74) is 0. The first-order valence-corrected chi connectivity index (χ1v) is 7.40. The lowest BCUT2D eigenvalue weighted by atomic mass is 10.1. The zero-order valence-corrected chi connectivity index (χ0v) is 12.4. The third-order valence-electron chi connectivity index (χ3n) is 2.64. The molecule has 4 N–H and O–H groups in total. The summed E-state index contributed by atoms with van der Waals surface area (Å²) in [5, 5.41) is 18.9. The minimum atomic E-state index is -0.900. The first kappa shape index (κ1) is 16.5. The maximum absolute atomic E-state index is 11.0. The minimum absolute atomic E-state index is 0.190. The van der Waals surface area contributed by atoms with Crippen LogP contribution in [0.1, 0.15) is 26.2 Å². The Bertz CT molecular complexity index is 426. The van der Waals surface area contributed by atoms with Crippen molar-refractivity contribution in [2.45, 2.75) is 37.1 Å². The van der Waals surface area contributed by atoms with Crippen LogP contribution in [0.25, 0.3) is 0 Å². The zero-order valence-electron chi connectivity index (χ0n) is 11.6. The lowest BCUT2D eigenvalue weighted by Gasteiger charge is -2.14. The molecule has 0 heterocycles. The van der Waals surface area contributed by atoms with Gasteiger partial charge in [0.25, 0.3) is 0 Å². The van der Waals surface area contributed by atoms with E-state index in [1.807, 2.05) is 30.3 Å². The average molecular weight is 295 g/mol. The number of carboxylic acids is 1. The second-order valence-corrected chi connectivity index (χ2v) is 5.43. The Morgan fingerprint density at radius 1 is 1.35 bits per heavy atom. The van der Waals surface area contributed by atoms with Gasteiger partial charge in [-0.2, -0.15) is 0 Å². The summed E-state index contributed by atoms with van der Waals surface area (Å²) < 4.78 is 3.25. The summed E-state index contributed by atoms with van der Waals surface area (Å²) in [5.74, 6) is -0.710. The number of nitrogens with one attached hydrogen (secondary N) is 3. The molecule has 0 radical (unpaired) electrons. The Morgan fingerprint density at radius 3 is 2.65 bits per heavy atom. The van der Waals surface area contributed by atoms with Gasteiger partial charge in [-0.1, -0.05) is 18.2 Å². The minimum Gasteiger partial charge on any atom is -0.480 e. The molecule has 0 spiro atoms. The van der Waals surface area contributed by atoms with Crippen molar-refractivity contribution >= 4 is 23.8 Å². The van der Waals surface area contributed by atoms with Crippen LogP contribution < -0.4 is 10.0 Å². The number of hydrogen-bond donors (Lipinski definition) is 4. The second kappa shape index (κ2) is 9.39. The Morgan fingerprint density at radius 2 is 2.05 bits per heavy atom. The van der Waals surface area contributed by atoms with Gasteiger partial charge in [-0.3, -0.25) is 10.1 Å². The number of unbranched alkanes of at least 4 members (excludes halogenated alkanes) is 1. The fourth-order valence-corrected chi connectivity index (χ4v) is 2.39. The second-order valence-electron chi connectivity index (χ2n) is 4.47. The largest absolute Gasteiger partial charge is 0.480 e. The summed E-state index contributed by atoms with van der Waals surface area (Å²) in [6, 6.07) is 9.38. The molecule has 0 bridgehead atoms. The van der Waals surface area contributed by atoms with E-state index in [9.17, 15) is 4.79 Å². The average Bonchev–Trinajstić information content (AvgIpc) is 2.41. The van der Waals surface area contributed by atoms with Gasteiger partial charge in [0.2, 0.25) is 0 Å². The fourth-order valence-electron chi connectivity index (χ4n) is 1.69. The molecule has 0 aliphatic carbocycles. The summed E-state index contributed by atoms with van der Waals surface area (Å²) in [4.78, 5) is 12.1. The SMILES string of the molecule is CC(=N)N[C@@H](CCCCNSc1ccccc1)C(=O)O. The van der Waals surface area contributed by atoms with Gasteiger partial charge in [0.1, 0.15) is 6.04 Å². The molecule has 0 fully saturated rings. The van der Waals surface area contributed by atoms with Crippen molar-refractivity contribution in [3.63, 3.8) is 0 Å². The van der Waals surface area contributed by atoms with E-state index in [0.29, 0.717) is 6.42 Å². The van der Waals surface area contributed by atoms with Crippen LogP contribution in [0.3, 0.4) is 0 Å². The van der Waals surface area contributed by atoms with E-state index in [-0.39, 0.29) is 5.84 Å². The van der Waals surface area contributed by atoms with Crippen LogP contribution in [0, 0.1) is 5.41 Å². The monoisotopic (exact) mass is 295 g/mol. The Labute approximate surface area is 123 Å². The molecular weight excluding hydrogens is 274 g/mol. The first-order valence-electron chi connectivity index (χ1n) is 6.59. The van der Waals surface area contributed by atoms with E-state index in [4.69, 9.17) is 10.5 Å². The van der Waals surface area contributed by atoms with Crippen LogP contribution in [0.4, 0.5) is 0 Å². The Hall–Kier alpha value is -1.53. The van der Waals surface area contributed by atoms with Crippen molar-refractivity contribution < 1.29 is 9.90 Å². The number of rotatable bonds is 9. The van der Waals surface area contributed by atoms with Gasteiger partial charge in [0.05, 0.1) is 5.84 Å². The van der Waals surface area contributed by atoms with Gasteiger partial charge in [-0.05, 0) is 50.3 Å². The van der Waals surface area contributed by atoms with Crippen molar-refractivity contribution in [1.29, 1.82) is 5.41 Å². The molecule has 5 nitrogen and oxygen atoms in total. The van der Waals surface area contributed by atoms with E-state index in [0.717, 1.165) is 24.3 Å². The number of amidine groups is 1. The molecule has 20 heavy (non-hydrogen) atoms. The summed E-state index contributed by atoms with van der Waals surface area (Å²) >= 11 is 1.58. The van der Waals surface area contributed by atoms with Gasteiger partial charge in [0, 0.05) is 11.4 Å². The predicted octanol–water partition coefficient (Wildman–Crippen LogP) is 2.49. The predicted molar refractivity (Wildman–Crippen MR) is 82.1 cm³/mol. The lowest BCUT2D eigenvalue weighted by Crippen LogP contribution is -2.39. The molecule has 1 aromatic rings. The van der Waals surface area contributed by atoms with Crippen molar-refractivity contribution in [2.24, 2.45) is 0 Å². The van der Waals surface area contributed by atoms with Crippen molar-refractivity contribution in [2.75, 3.05) is 6.54 Å². The quantitative estimate of drug-likeness (QED) is 0.243. The molecule has 110 valence electrons. The molecular formula is C14H21N3O2S. The third-order valence-corrected chi connectivity index (χ3v) is 3.50. The molecule has 0 saturated heterocycles. The zero-order chi connectivity index (χ0) is 14.8. The van der Waals surface area contributed by atoms with E-state index >= 15 is 0 Å². The summed E-state index contributed by atoms with van der Waals surface area (Å²) in [7, 11) is 0. The van der Waals surface area contributed by atoms with E-state index < -0.39 is 12.0 Å². The van der Waals surface area contributed by atoms with Gasteiger partial charge >= 0.3 is 5.97 Å². The number of carbonyl (C=O) groups is 1. The number of aliphatic carboxylic acids is 1. The highest BCUT2D eigenvalue weighted by Gasteiger charge is 2.16. The van der Waals surface area contributed by atoms with Crippen LogP contribution in [0.5, 0.6) is 0 Å². The molecule has 6 heteroatoms. The molecule has 1 rings (SSSR count). The van der Waals surface area contributed by atoms with Crippen molar-refractivity contribution in [1.82, 2.24) is 10.0 Å². The molecule has 0 amide bonds. The van der Waals surface area contributed by atoms with Crippen molar-refractivity contribution in [3.05, 3.63) is 30.3 Å². The maximum Gasteiger partial charge on any atom is 0.326 e.